The minimum Gasteiger partial charge on any atom is -0.383 e. The van der Waals surface area contributed by atoms with Crippen molar-refractivity contribution in [2.24, 2.45) is 0 Å². The van der Waals surface area contributed by atoms with Crippen LogP contribution in [0.25, 0.3) is 0 Å². The predicted octanol–water partition coefficient (Wildman–Crippen LogP) is 2.56. The molecule has 4 N–H and O–H groups in total. The van der Waals surface area contributed by atoms with Gasteiger partial charge in [0.05, 0.1) is 11.3 Å². The monoisotopic (exact) mass is 342 g/mol. The Bertz CT molecular complexity index is 701. The Morgan fingerprint density at radius 1 is 1.17 bits per heavy atom. The van der Waals surface area contributed by atoms with E-state index in [2.05, 4.69) is 9.97 Å². The fourth-order valence-corrected chi connectivity index (χ4v) is 2.60. The van der Waals surface area contributed by atoms with E-state index in [1.165, 1.54) is 18.2 Å². The van der Waals surface area contributed by atoms with Crippen LogP contribution in [0.5, 0.6) is 0 Å². The van der Waals surface area contributed by atoms with Gasteiger partial charge in [-0.2, -0.15) is 18.2 Å². The predicted molar refractivity (Wildman–Crippen MR) is 81.7 cm³/mol. The number of thioether (sulfide) groups is 1. The summed E-state index contributed by atoms with van der Waals surface area (Å²) in [6.07, 6.45) is -4.52. The van der Waals surface area contributed by atoms with Gasteiger partial charge in [0.2, 0.25) is 5.95 Å². The maximum absolute atomic E-state index is 12.6. The lowest BCUT2D eigenvalue weighted by atomic mass is 10.1. The maximum Gasteiger partial charge on any atom is 0.416 e. The molecule has 0 aliphatic rings. The van der Waals surface area contributed by atoms with E-state index in [4.69, 9.17) is 11.5 Å². The highest BCUT2D eigenvalue weighted by Crippen LogP contribution is 2.29. The van der Waals surface area contributed by atoms with Crippen LogP contribution in [0.3, 0.4) is 0 Å². The first-order chi connectivity index (χ1) is 10.7. The van der Waals surface area contributed by atoms with Gasteiger partial charge in [-0.1, -0.05) is 30.0 Å². The number of anilines is 2. The molecule has 1 aromatic heterocycles. The van der Waals surface area contributed by atoms with Gasteiger partial charge in [-0.25, -0.2) is 4.98 Å². The molecule has 0 aliphatic carbocycles. The van der Waals surface area contributed by atoms with Crippen LogP contribution in [-0.4, -0.2) is 21.5 Å². The minimum absolute atomic E-state index is 0.00201. The molecular weight excluding hydrogens is 329 g/mol. The summed E-state index contributed by atoms with van der Waals surface area (Å²) in [6.45, 7) is 0. The van der Waals surface area contributed by atoms with Crippen LogP contribution in [0, 0.1) is 0 Å². The molecule has 0 saturated heterocycles. The number of carbonyl (C=O) groups is 1. The third kappa shape index (κ3) is 5.13. The van der Waals surface area contributed by atoms with Gasteiger partial charge >= 0.3 is 6.18 Å². The zero-order chi connectivity index (χ0) is 17.0. The van der Waals surface area contributed by atoms with Crippen LogP contribution in [0.4, 0.5) is 24.9 Å². The molecule has 122 valence electrons. The summed E-state index contributed by atoms with van der Waals surface area (Å²) in [6, 6.07) is 6.18. The van der Waals surface area contributed by atoms with Gasteiger partial charge in [0.15, 0.2) is 0 Å². The van der Waals surface area contributed by atoms with Crippen molar-refractivity contribution in [3.8, 4) is 0 Å². The lowest BCUT2D eigenvalue weighted by Gasteiger charge is -2.08. The third-order valence-corrected chi connectivity index (χ3v) is 3.75. The second kappa shape index (κ2) is 6.86. The number of hydrogen-bond acceptors (Lipinski definition) is 6. The maximum atomic E-state index is 12.6. The Labute approximate surface area is 134 Å². The van der Waals surface area contributed by atoms with Crippen molar-refractivity contribution in [3.63, 3.8) is 0 Å². The van der Waals surface area contributed by atoms with Crippen molar-refractivity contribution in [2.75, 3.05) is 17.2 Å². The number of rotatable bonds is 5. The number of Topliss-reactive ketones (excluding diaryl/α,β-unsaturated/α-hetero) is 1. The molecule has 2 aromatic rings. The topological polar surface area (TPSA) is 94.9 Å². The number of aromatic nitrogens is 2. The summed E-state index contributed by atoms with van der Waals surface area (Å²) in [5, 5.41) is 0.437. The standard InChI is InChI=1S/C14H13F3N4OS/c15-14(16,17)9-3-1-2-8(4-9)5-10(22)7-23-12-6-11(18)20-13(19)21-12/h1-4,6H,5,7H2,(H4,18,19,20,21). The number of benzene rings is 1. The van der Waals surface area contributed by atoms with Crippen molar-refractivity contribution < 1.29 is 18.0 Å². The summed E-state index contributed by atoms with van der Waals surface area (Å²) in [5.74, 6) is -0.000174. The Hall–Kier alpha value is -2.29. The molecule has 5 nitrogen and oxygen atoms in total. The molecular formula is C14H13F3N4OS. The van der Waals surface area contributed by atoms with Crippen molar-refractivity contribution in [2.45, 2.75) is 17.6 Å². The normalized spacial score (nSPS) is 11.4. The summed E-state index contributed by atoms with van der Waals surface area (Å²) >= 11 is 1.10. The molecule has 0 radical (unpaired) electrons. The molecule has 1 aromatic carbocycles. The molecule has 0 spiro atoms. The van der Waals surface area contributed by atoms with E-state index in [-0.39, 0.29) is 29.7 Å². The number of carbonyl (C=O) groups excluding carboxylic acids is 1. The van der Waals surface area contributed by atoms with E-state index in [9.17, 15) is 18.0 Å². The highest BCUT2D eigenvalue weighted by Gasteiger charge is 2.30. The lowest BCUT2D eigenvalue weighted by molar-refractivity contribution is -0.137. The van der Waals surface area contributed by atoms with Gasteiger partial charge in [0.1, 0.15) is 16.6 Å². The summed E-state index contributed by atoms with van der Waals surface area (Å²) in [5.41, 5.74) is 10.5. The number of nitrogens with zero attached hydrogens (tertiary/aromatic N) is 2. The van der Waals surface area contributed by atoms with Crippen LogP contribution in [0.1, 0.15) is 11.1 Å². The van der Waals surface area contributed by atoms with Gasteiger partial charge in [0, 0.05) is 12.5 Å². The van der Waals surface area contributed by atoms with Crippen LogP contribution >= 0.6 is 11.8 Å². The van der Waals surface area contributed by atoms with Gasteiger partial charge in [-0.15, -0.1) is 0 Å². The number of nitrogens with two attached hydrogens (primary N) is 2. The Kier molecular flexibility index (Phi) is 5.09. The van der Waals surface area contributed by atoms with Crippen molar-refractivity contribution in [1.82, 2.24) is 9.97 Å². The van der Waals surface area contributed by atoms with E-state index in [1.54, 1.807) is 0 Å². The number of hydrogen-bond donors (Lipinski definition) is 2. The quantitative estimate of drug-likeness (QED) is 0.640. The average Bonchev–Trinajstić information content (AvgIpc) is 2.43. The molecule has 0 atom stereocenters. The molecule has 1 heterocycles. The van der Waals surface area contributed by atoms with E-state index >= 15 is 0 Å². The van der Waals surface area contributed by atoms with Crippen molar-refractivity contribution in [3.05, 3.63) is 41.5 Å². The second-order valence-electron chi connectivity index (χ2n) is 4.69. The molecule has 0 fully saturated rings. The number of alkyl halides is 3. The highest BCUT2D eigenvalue weighted by atomic mass is 32.2. The average molecular weight is 342 g/mol. The van der Waals surface area contributed by atoms with E-state index in [0.717, 1.165) is 23.9 Å². The van der Waals surface area contributed by atoms with Gasteiger partial charge < -0.3 is 11.5 Å². The largest absolute Gasteiger partial charge is 0.416 e. The molecule has 0 saturated carbocycles. The molecule has 0 bridgehead atoms. The van der Waals surface area contributed by atoms with E-state index in [1.807, 2.05) is 0 Å². The van der Waals surface area contributed by atoms with Crippen LogP contribution in [0.15, 0.2) is 35.4 Å². The fourth-order valence-electron chi connectivity index (χ4n) is 1.83. The van der Waals surface area contributed by atoms with Crippen LogP contribution < -0.4 is 11.5 Å². The van der Waals surface area contributed by atoms with Gasteiger partial charge in [-0.05, 0) is 11.6 Å². The first-order valence-corrected chi connectivity index (χ1v) is 7.43. The summed E-state index contributed by atoms with van der Waals surface area (Å²) in [7, 11) is 0. The number of ketones is 1. The summed E-state index contributed by atoms with van der Waals surface area (Å²) in [4.78, 5) is 19.5. The minimum atomic E-state index is -4.43. The molecule has 2 rings (SSSR count). The van der Waals surface area contributed by atoms with E-state index < -0.39 is 11.7 Å². The molecule has 0 unspecified atom stereocenters. The van der Waals surface area contributed by atoms with Gasteiger partial charge in [0.25, 0.3) is 0 Å². The second-order valence-corrected chi connectivity index (χ2v) is 5.69. The Morgan fingerprint density at radius 2 is 1.91 bits per heavy atom. The van der Waals surface area contributed by atoms with Gasteiger partial charge in [-0.3, -0.25) is 4.79 Å². The summed E-state index contributed by atoms with van der Waals surface area (Å²) < 4.78 is 37.9. The lowest BCUT2D eigenvalue weighted by Crippen LogP contribution is -2.09. The van der Waals surface area contributed by atoms with Crippen molar-refractivity contribution >= 4 is 29.3 Å². The third-order valence-electron chi connectivity index (χ3n) is 2.78. The first kappa shape index (κ1) is 17.1. The van der Waals surface area contributed by atoms with Crippen molar-refractivity contribution in [1.29, 1.82) is 0 Å². The fraction of sp³-hybridized carbons (Fsp3) is 0.214. The zero-order valence-corrected chi connectivity index (χ0v) is 12.6. The first-order valence-electron chi connectivity index (χ1n) is 6.45. The van der Waals surface area contributed by atoms with Crippen LogP contribution in [-0.2, 0) is 17.4 Å². The Morgan fingerprint density at radius 3 is 2.57 bits per heavy atom. The smallest absolute Gasteiger partial charge is 0.383 e. The molecule has 0 aliphatic heterocycles. The van der Waals surface area contributed by atoms with E-state index in [0.29, 0.717) is 10.6 Å². The molecule has 0 amide bonds. The molecule has 9 heteroatoms. The van der Waals surface area contributed by atoms with Crippen LogP contribution in [0.2, 0.25) is 0 Å². The Balaban J connectivity index is 1.97. The SMILES string of the molecule is Nc1cc(SCC(=O)Cc2cccc(C(F)(F)F)c2)nc(N)n1. The number of halogens is 3. The molecule has 23 heavy (non-hydrogen) atoms. The zero-order valence-electron chi connectivity index (χ0n) is 11.8. The highest BCUT2D eigenvalue weighted by molar-refractivity contribution is 7.99. The number of nitrogen functional groups attached to an aromatic ring is 2.